The lowest BCUT2D eigenvalue weighted by Crippen LogP contribution is -2.41. The molecule has 1 unspecified atom stereocenters. The molecule has 2 aliphatic rings. The highest BCUT2D eigenvalue weighted by atomic mass is 15.2. The molecule has 6 nitrogen and oxygen atoms in total. The number of hydrogen-bond donors (Lipinski definition) is 2. The van der Waals surface area contributed by atoms with Gasteiger partial charge in [0.1, 0.15) is 5.82 Å². The Morgan fingerprint density at radius 2 is 1.97 bits per heavy atom. The van der Waals surface area contributed by atoms with Gasteiger partial charge in [0.05, 0.1) is 6.54 Å². The third-order valence-corrected chi connectivity index (χ3v) is 6.11. The number of pyridine rings is 1. The second-order valence-electron chi connectivity index (χ2n) is 8.43. The van der Waals surface area contributed by atoms with Crippen molar-refractivity contribution in [2.45, 2.75) is 71.4 Å². The number of likely N-dealkylation sites (tertiary alicyclic amines) is 1. The van der Waals surface area contributed by atoms with Crippen LogP contribution >= 0.6 is 0 Å². The Labute approximate surface area is 177 Å². The smallest absolute Gasteiger partial charge is 0.191 e. The molecule has 2 N–H and O–H groups in total. The van der Waals surface area contributed by atoms with Gasteiger partial charge in [-0.25, -0.2) is 9.98 Å². The number of guanidine groups is 1. The molecule has 2 aliphatic heterocycles. The van der Waals surface area contributed by atoms with Crippen LogP contribution in [0.4, 0.5) is 5.82 Å². The maximum atomic E-state index is 4.80. The van der Waals surface area contributed by atoms with Gasteiger partial charge >= 0.3 is 0 Å². The highest BCUT2D eigenvalue weighted by Crippen LogP contribution is 2.19. The lowest BCUT2D eigenvalue weighted by atomic mass is 10.0. The van der Waals surface area contributed by atoms with Crippen molar-refractivity contribution in [3.63, 3.8) is 0 Å². The van der Waals surface area contributed by atoms with E-state index in [2.05, 4.69) is 51.4 Å². The number of aromatic nitrogens is 1. The average Bonchev–Trinajstić information content (AvgIpc) is 2.77. The van der Waals surface area contributed by atoms with Crippen LogP contribution in [0.15, 0.2) is 23.3 Å². The molecule has 1 aromatic heterocycles. The van der Waals surface area contributed by atoms with Crippen molar-refractivity contribution in [1.82, 2.24) is 20.5 Å². The van der Waals surface area contributed by atoms with E-state index in [1.54, 1.807) is 0 Å². The predicted molar refractivity (Wildman–Crippen MR) is 123 cm³/mol. The Kier molecular flexibility index (Phi) is 9.06. The van der Waals surface area contributed by atoms with Gasteiger partial charge in [-0.05, 0) is 76.6 Å². The molecule has 0 radical (unpaired) electrons. The van der Waals surface area contributed by atoms with Crippen LogP contribution in [-0.2, 0) is 6.54 Å². The molecule has 162 valence electrons. The molecule has 0 bridgehead atoms. The zero-order valence-corrected chi connectivity index (χ0v) is 18.5. The number of rotatable bonds is 8. The maximum Gasteiger partial charge on any atom is 0.191 e. The van der Waals surface area contributed by atoms with Crippen molar-refractivity contribution >= 4 is 11.8 Å². The van der Waals surface area contributed by atoms with Crippen molar-refractivity contribution < 1.29 is 0 Å². The van der Waals surface area contributed by atoms with Crippen LogP contribution in [0.5, 0.6) is 0 Å². The van der Waals surface area contributed by atoms with Gasteiger partial charge in [-0.15, -0.1) is 0 Å². The van der Waals surface area contributed by atoms with E-state index in [1.807, 2.05) is 6.20 Å². The van der Waals surface area contributed by atoms with Crippen LogP contribution in [-0.4, -0.2) is 61.2 Å². The molecule has 3 rings (SSSR count). The molecule has 0 amide bonds. The molecule has 0 aromatic carbocycles. The van der Waals surface area contributed by atoms with Crippen LogP contribution in [0.25, 0.3) is 0 Å². The standard InChI is InChI=1S/C23H40N6/c1-3-24-23(26-12-9-17-28-14-8-5-10-20(28)2)27-19-21-11-13-25-22(18-21)29-15-6-4-7-16-29/h11,13,18,20H,3-10,12,14-17,19H2,1-2H3,(H2,24,26,27). The number of hydrogen-bond acceptors (Lipinski definition) is 4. The quantitative estimate of drug-likeness (QED) is 0.398. The Hall–Kier alpha value is -1.82. The van der Waals surface area contributed by atoms with E-state index in [9.17, 15) is 0 Å². The van der Waals surface area contributed by atoms with Crippen molar-refractivity contribution in [2.24, 2.45) is 4.99 Å². The zero-order chi connectivity index (χ0) is 20.3. The number of aliphatic imine (C=N–C) groups is 1. The Morgan fingerprint density at radius 3 is 2.76 bits per heavy atom. The summed E-state index contributed by atoms with van der Waals surface area (Å²) in [7, 11) is 0. The SMILES string of the molecule is CCNC(=NCc1ccnc(N2CCCCC2)c1)NCCCN1CCCCC1C. The second kappa shape index (κ2) is 12.0. The number of piperidine rings is 2. The van der Waals surface area contributed by atoms with E-state index < -0.39 is 0 Å². The van der Waals surface area contributed by atoms with Gasteiger partial charge in [-0.2, -0.15) is 0 Å². The summed E-state index contributed by atoms with van der Waals surface area (Å²) >= 11 is 0. The third-order valence-electron chi connectivity index (χ3n) is 6.11. The first-order valence-electron chi connectivity index (χ1n) is 11.7. The first-order chi connectivity index (χ1) is 14.3. The topological polar surface area (TPSA) is 55.8 Å². The van der Waals surface area contributed by atoms with Crippen LogP contribution < -0.4 is 15.5 Å². The van der Waals surface area contributed by atoms with Gasteiger partial charge in [-0.3, -0.25) is 0 Å². The summed E-state index contributed by atoms with van der Waals surface area (Å²) in [5.41, 5.74) is 1.22. The van der Waals surface area contributed by atoms with E-state index >= 15 is 0 Å². The summed E-state index contributed by atoms with van der Waals surface area (Å²) in [5, 5.41) is 6.89. The minimum absolute atomic E-state index is 0.682. The minimum Gasteiger partial charge on any atom is -0.357 e. The molecule has 1 atom stereocenters. The molecule has 0 aliphatic carbocycles. The first kappa shape index (κ1) is 21.9. The molecule has 2 saturated heterocycles. The summed E-state index contributed by atoms with van der Waals surface area (Å²) in [6.07, 6.45) is 11.1. The fourth-order valence-electron chi connectivity index (χ4n) is 4.35. The molecule has 0 saturated carbocycles. The van der Waals surface area contributed by atoms with Gasteiger partial charge in [0, 0.05) is 45.0 Å². The molecule has 3 heterocycles. The van der Waals surface area contributed by atoms with Gasteiger partial charge in [-0.1, -0.05) is 6.42 Å². The van der Waals surface area contributed by atoms with Gasteiger partial charge in [0.25, 0.3) is 0 Å². The van der Waals surface area contributed by atoms with Crippen molar-refractivity contribution in [2.75, 3.05) is 44.2 Å². The van der Waals surface area contributed by atoms with E-state index in [0.29, 0.717) is 6.54 Å². The minimum atomic E-state index is 0.682. The number of anilines is 1. The fourth-order valence-corrected chi connectivity index (χ4v) is 4.35. The number of nitrogens with zero attached hydrogens (tertiary/aromatic N) is 4. The first-order valence-corrected chi connectivity index (χ1v) is 11.7. The van der Waals surface area contributed by atoms with E-state index in [4.69, 9.17) is 4.99 Å². The van der Waals surface area contributed by atoms with Crippen molar-refractivity contribution in [3.8, 4) is 0 Å². The van der Waals surface area contributed by atoms with Crippen LogP contribution in [0.3, 0.4) is 0 Å². The summed E-state index contributed by atoms with van der Waals surface area (Å²) in [4.78, 5) is 14.4. The summed E-state index contributed by atoms with van der Waals surface area (Å²) in [5.74, 6) is 2.02. The lowest BCUT2D eigenvalue weighted by Gasteiger charge is -2.33. The summed E-state index contributed by atoms with van der Waals surface area (Å²) < 4.78 is 0. The second-order valence-corrected chi connectivity index (χ2v) is 8.43. The summed E-state index contributed by atoms with van der Waals surface area (Å²) in [6.45, 7) is 11.7. The van der Waals surface area contributed by atoms with Gasteiger partial charge in [0.15, 0.2) is 5.96 Å². The Bertz CT molecular complexity index is 626. The normalized spacial score (nSPS) is 21.2. The predicted octanol–water partition coefficient (Wildman–Crippen LogP) is 3.39. The molecule has 6 heteroatoms. The van der Waals surface area contributed by atoms with E-state index in [1.165, 1.54) is 57.2 Å². The van der Waals surface area contributed by atoms with Crippen LogP contribution in [0.1, 0.15) is 64.4 Å². The van der Waals surface area contributed by atoms with Crippen molar-refractivity contribution in [1.29, 1.82) is 0 Å². The third kappa shape index (κ3) is 7.18. The van der Waals surface area contributed by atoms with Crippen molar-refractivity contribution in [3.05, 3.63) is 23.9 Å². The van der Waals surface area contributed by atoms with E-state index in [0.717, 1.165) is 50.4 Å². The maximum absolute atomic E-state index is 4.80. The lowest BCUT2D eigenvalue weighted by molar-refractivity contribution is 0.159. The van der Waals surface area contributed by atoms with Gasteiger partial charge < -0.3 is 20.4 Å². The zero-order valence-electron chi connectivity index (χ0n) is 18.5. The molecular formula is C23H40N6. The largest absolute Gasteiger partial charge is 0.357 e. The highest BCUT2D eigenvalue weighted by molar-refractivity contribution is 5.79. The van der Waals surface area contributed by atoms with E-state index in [-0.39, 0.29) is 0 Å². The highest BCUT2D eigenvalue weighted by Gasteiger charge is 2.17. The van der Waals surface area contributed by atoms with Gasteiger partial charge in [0.2, 0.25) is 0 Å². The van der Waals surface area contributed by atoms with Crippen LogP contribution in [0, 0.1) is 0 Å². The Morgan fingerprint density at radius 1 is 1.14 bits per heavy atom. The molecule has 2 fully saturated rings. The molecule has 0 spiro atoms. The molecular weight excluding hydrogens is 360 g/mol. The molecule has 1 aromatic rings. The Balaban J connectivity index is 1.47. The summed E-state index contributed by atoms with van der Waals surface area (Å²) in [6, 6.07) is 5.03. The number of nitrogens with one attached hydrogen (secondary N) is 2. The molecule has 29 heavy (non-hydrogen) atoms. The average molecular weight is 401 g/mol. The fraction of sp³-hybridized carbons (Fsp3) is 0.739. The monoisotopic (exact) mass is 400 g/mol. The van der Waals surface area contributed by atoms with Crippen LogP contribution in [0.2, 0.25) is 0 Å².